The van der Waals surface area contributed by atoms with E-state index in [4.69, 9.17) is 11.6 Å². The zero-order valence-electron chi connectivity index (χ0n) is 12.1. The summed E-state index contributed by atoms with van der Waals surface area (Å²) in [7, 11) is 0. The topological polar surface area (TPSA) is 75.6 Å². The summed E-state index contributed by atoms with van der Waals surface area (Å²) in [6.45, 7) is 4.86. The number of H-pyrrole nitrogens is 1. The van der Waals surface area contributed by atoms with Crippen molar-refractivity contribution >= 4 is 17.5 Å². The number of hydrogen-bond acceptors (Lipinski definition) is 3. The Kier molecular flexibility index (Phi) is 3.71. The van der Waals surface area contributed by atoms with E-state index in [1.165, 1.54) is 12.8 Å². The Balaban J connectivity index is 1.54. The summed E-state index contributed by atoms with van der Waals surface area (Å²) in [5.74, 6) is 0.404. The first kappa shape index (κ1) is 14.1. The number of amides is 1. The minimum absolute atomic E-state index is 0.161. The molecule has 0 aromatic carbocycles. The van der Waals surface area contributed by atoms with Crippen LogP contribution in [-0.4, -0.2) is 32.4 Å². The molecule has 6 nitrogen and oxygen atoms in total. The number of hydrogen-bond donors (Lipinski definition) is 2. The molecule has 7 heteroatoms. The number of carbonyl (C=O) groups is 1. The van der Waals surface area contributed by atoms with E-state index < -0.39 is 0 Å². The highest BCUT2D eigenvalue weighted by atomic mass is 35.5. The molecule has 1 aliphatic carbocycles. The Bertz CT molecular complexity index is 671. The van der Waals surface area contributed by atoms with Crippen molar-refractivity contribution in [3.63, 3.8) is 0 Å². The van der Waals surface area contributed by atoms with Gasteiger partial charge in [0.25, 0.3) is 5.91 Å². The molecule has 0 saturated heterocycles. The van der Waals surface area contributed by atoms with Crippen LogP contribution in [0.2, 0.25) is 5.02 Å². The molecule has 0 bridgehead atoms. The molecule has 21 heavy (non-hydrogen) atoms. The van der Waals surface area contributed by atoms with Crippen molar-refractivity contribution in [3.8, 4) is 0 Å². The van der Waals surface area contributed by atoms with Gasteiger partial charge in [-0.1, -0.05) is 11.6 Å². The van der Waals surface area contributed by atoms with Crippen LogP contribution in [0.15, 0.2) is 6.07 Å². The summed E-state index contributed by atoms with van der Waals surface area (Å²) in [4.78, 5) is 12.0. The van der Waals surface area contributed by atoms with Crippen molar-refractivity contribution in [1.82, 2.24) is 25.3 Å². The van der Waals surface area contributed by atoms with Crippen LogP contribution < -0.4 is 5.32 Å². The zero-order valence-corrected chi connectivity index (χ0v) is 12.9. The standard InChI is InChI=1S/C14H18ClN5O/c1-8-13(15)9(2)20(19-8)6-5-16-14(21)12-7-11(17-18-12)10-3-4-10/h7,10H,3-6H2,1-2H3,(H,16,21)(H,17,18). The van der Waals surface area contributed by atoms with E-state index in [-0.39, 0.29) is 5.91 Å². The lowest BCUT2D eigenvalue weighted by Gasteiger charge is -2.05. The molecule has 1 aliphatic rings. The first-order valence-electron chi connectivity index (χ1n) is 7.09. The van der Waals surface area contributed by atoms with Crippen LogP contribution in [-0.2, 0) is 6.54 Å². The maximum absolute atomic E-state index is 12.0. The van der Waals surface area contributed by atoms with Crippen LogP contribution in [0.5, 0.6) is 0 Å². The predicted octanol–water partition coefficient (Wildman–Crippen LogP) is 2.18. The minimum atomic E-state index is -0.161. The zero-order chi connectivity index (χ0) is 15.0. The highest BCUT2D eigenvalue weighted by Gasteiger charge is 2.26. The molecule has 2 N–H and O–H groups in total. The van der Waals surface area contributed by atoms with Gasteiger partial charge in [-0.05, 0) is 32.8 Å². The number of nitrogens with zero attached hydrogens (tertiary/aromatic N) is 3. The first-order chi connectivity index (χ1) is 10.1. The maximum atomic E-state index is 12.0. The molecular weight excluding hydrogens is 290 g/mol. The Morgan fingerprint density at radius 1 is 1.52 bits per heavy atom. The molecule has 0 unspecified atom stereocenters. The van der Waals surface area contributed by atoms with Crippen molar-refractivity contribution < 1.29 is 4.79 Å². The Hall–Kier alpha value is -1.82. The van der Waals surface area contributed by atoms with Gasteiger partial charge in [0.1, 0.15) is 5.69 Å². The summed E-state index contributed by atoms with van der Waals surface area (Å²) in [5.41, 5.74) is 3.23. The van der Waals surface area contributed by atoms with E-state index in [9.17, 15) is 4.79 Å². The van der Waals surface area contributed by atoms with Crippen LogP contribution in [0.3, 0.4) is 0 Å². The van der Waals surface area contributed by atoms with Gasteiger partial charge in [0.05, 0.1) is 23.0 Å². The largest absolute Gasteiger partial charge is 0.349 e. The van der Waals surface area contributed by atoms with Crippen molar-refractivity contribution in [2.24, 2.45) is 0 Å². The molecule has 2 aromatic rings. The molecule has 112 valence electrons. The lowest BCUT2D eigenvalue weighted by Crippen LogP contribution is -2.28. The maximum Gasteiger partial charge on any atom is 0.271 e. The molecule has 1 fully saturated rings. The van der Waals surface area contributed by atoms with Gasteiger partial charge in [-0.2, -0.15) is 10.2 Å². The minimum Gasteiger partial charge on any atom is -0.349 e. The second kappa shape index (κ2) is 5.52. The van der Waals surface area contributed by atoms with Gasteiger partial charge < -0.3 is 5.32 Å². The van der Waals surface area contributed by atoms with E-state index >= 15 is 0 Å². The summed E-state index contributed by atoms with van der Waals surface area (Å²) >= 11 is 6.09. The van der Waals surface area contributed by atoms with Gasteiger partial charge in [0, 0.05) is 18.2 Å². The first-order valence-corrected chi connectivity index (χ1v) is 7.47. The van der Waals surface area contributed by atoms with Crippen molar-refractivity contribution in [1.29, 1.82) is 0 Å². The normalized spacial score (nSPS) is 14.4. The predicted molar refractivity (Wildman–Crippen MR) is 79.6 cm³/mol. The summed E-state index contributed by atoms with van der Waals surface area (Å²) in [6.07, 6.45) is 2.36. The number of halogens is 1. The lowest BCUT2D eigenvalue weighted by molar-refractivity contribution is 0.0947. The highest BCUT2D eigenvalue weighted by Crippen LogP contribution is 2.38. The van der Waals surface area contributed by atoms with Crippen LogP contribution >= 0.6 is 11.6 Å². The van der Waals surface area contributed by atoms with Crippen LogP contribution in [0.1, 0.15) is 46.3 Å². The van der Waals surface area contributed by atoms with Crippen LogP contribution in [0, 0.1) is 13.8 Å². The molecule has 2 heterocycles. The molecule has 1 amide bonds. The van der Waals surface area contributed by atoms with E-state index in [2.05, 4.69) is 20.6 Å². The third-order valence-electron chi connectivity index (χ3n) is 3.75. The van der Waals surface area contributed by atoms with Crippen LogP contribution in [0.25, 0.3) is 0 Å². The average Bonchev–Trinajstić information content (AvgIpc) is 3.15. The second-order valence-electron chi connectivity index (χ2n) is 5.45. The van der Waals surface area contributed by atoms with E-state index in [0.29, 0.717) is 29.7 Å². The smallest absolute Gasteiger partial charge is 0.271 e. The van der Waals surface area contributed by atoms with Crippen molar-refractivity contribution in [2.45, 2.75) is 39.2 Å². The number of aromatic amines is 1. The Morgan fingerprint density at radius 2 is 2.29 bits per heavy atom. The monoisotopic (exact) mass is 307 g/mol. The van der Waals surface area contributed by atoms with Crippen molar-refractivity contribution in [2.75, 3.05) is 6.54 Å². The third-order valence-corrected chi connectivity index (χ3v) is 4.30. The summed E-state index contributed by atoms with van der Waals surface area (Å²) in [5, 5.41) is 14.8. The fraction of sp³-hybridized carbons (Fsp3) is 0.500. The van der Waals surface area contributed by atoms with Gasteiger partial charge in [0.2, 0.25) is 0 Å². The number of rotatable bonds is 5. The van der Waals surface area contributed by atoms with E-state index in [1.54, 1.807) is 4.68 Å². The van der Waals surface area contributed by atoms with Gasteiger partial charge in [-0.3, -0.25) is 14.6 Å². The molecule has 0 radical (unpaired) electrons. The average molecular weight is 308 g/mol. The molecule has 2 aromatic heterocycles. The SMILES string of the molecule is Cc1nn(CCNC(=O)c2cc(C3CC3)[nH]n2)c(C)c1Cl. The lowest BCUT2D eigenvalue weighted by atomic mass is 10.2. The summed E-state index contributed by atoms with van der Waals surface area (Å²) < 4.78 is 1.80. The Labute approximate surface area is 127 Å². The molecular formula is C14H18ClN5O. The number of aromatic nitrogens is 4. The van der Waals surface area contributed by atoms with E-state index in [0.717, 1.165) is 17.1 Å². The molecule has 1 saturated carbocycles. The van der Waals surface area contributed by atoms with Gasteiger partial charge in [-0.15, -0.1) is 0 Å². The summed E-state index contributed by atoms with van der Waals surface area (Å²) in [6, 6.07) is 1.84. The quantitative estimate of drug-likeness (QED) is 0.889. The fourth-order valence-corrected chi connectivity index (χ4v) is 2.45. The van der Waals surface area contributed by atoms with Gasteiger partial charge >= 0.3 is 0 Å². The molecule has 3 rings (SSSR count). The number of carbonyl (C=O) groups excluding carboxylic acids is 1. The number of aryl methyl sites for hydroxylation is 1. The van der Waals surface area contributed by atoms with Crippen LogP contribution in [0.4, 0.5) is 0 Å². The molecule has 0 aliphatic heterocycles. The number of nitrogens with one attached hydrogen (secondary N) is 2. The second-order valence-corrected chi connectivity index (χ2v) is 5.82. The highest BCUT2D eigenvalue weighted by molar-refractivity contribution is 6.31. The van der Waals surface area contributed by atoms with E-state index in [1.807, 2.05) is 19.9 Å². The Morgan fingerprint density at radius 3 is 2.90 bits per heavy atom. The van der Waals surface area contributed by atoms with Gasteiger partial charge in [0.15, 0.2) is 0 Å². The van der Waals surface area contributed by atoms with Crippen molar-refractivity contribution in [3.05, 3.63) is 33.9 Å². The van der Waals surface area contributed by atoms with Gasteiger partial charge in [-0.25, -0.2) is 0 Å². The third kappa shape index (κ3) is 2.95. The fourth-order valence-electron chi connectivity index (χ4n) is 2.32. The molecule has 0 atom stereocenters. The molecule has 0 spiro atoms.